The summed E-state index contributed by atoms with van der Waals surface area (Å²) in [7, 11) is 1.39. The van der Waals surface area contributed by atoms with E-state index < -0.39 is 0 Å². The highest BCUT2D eigenvalue weighted by molar-refractivity contribution is 5.69. The molecular formula is C15H21NO3. The highest BCUT2D eigenvalue weighted by Crippen LogP contribution is 2.39. The number of nitrogens with two attached hydrogens (primary N) is 1. The Hall–Kier alpha value is -1.55. The molecular weight excluding hydrogens is 242 g/mol. The minimum absolute atomic E-state index is 0.0212. The summed E-state index contributed by atoms with van der Waals surface area (Å²) in [6, 6.07) is 5.89. The molecule has 1 heterocycles. The lowest BCUT2D eigenvalue weighted by molar-refractivity contribution is -0.140. The molecule has 0 saturated carbocycles. The van der Waals surface area contributed by atoms with Crippen molar-refractivity contribution in [3.8, 4) is 5.75 Å². The number of fused-ring (bicyclic) bond motifs is 1. The first kappa shape index (κ1) is 13.9. The lowest BCUT2D eigenvalue weighted by Crippen LogP contribution is -2.19. The SMILES string of the molecule is COC(=O)CCC(N)c1ccc2c(c1)C(C)(C)CO2. The van der Waals surface area contributed by atoms with Gasteiger partial charge in [-0.25, -0.2) is 0 Å². The van der Waals surface area contributed by atoms with Crippen molar-refractivity contribution < 1.29 is 14.3 Å². The maximum atomic E-state index is 11.1. The number of carbonyl (C=O) groups excluding carboxylic acids is 1. The van der Waals surface area contributed by atoms with Gasteiger partial charge in [-0.05, 0) is 24.1 Å². The van der Waals surface area contributed by atoms with Crippen LogP contribution in [-0.2, 0) is 14.9 Å². The van der Waals surface area contributed by atoms with Crippen LogP contribution in [0.2, 0.25) is 0 Å². The van der Waals surface area contributed by atoms with E-state index in [1.165, 1.54) is 12.7 Å². The Bertz CT molecular complexity index is 482. The molecule has 2 rings (SSSR count). The number of methoxy groups -OCH3 is 1. The van der Waals surface area contributed by atoms with E-state index in [1.54, 1.807) is 0 Å². The molecule has 104 valence electrons. The summed E-state index contributed by atoms with van der Waals surface area (Å²) in [6.45, 7) is 5.01. The number of hydrogen-bond acceptors (Lipinski definition) is 4. The van der Waals surface area contributed by atoms with E-state index in [2.05, 4.69) is 24.7 Å². The van der Waals surface area contributed by atoms with Crippen molar-refractivity contribution in [3.05, 3.63) is 29.3 Å². The molecule has 4 nitrogen and oxygen atoms in total. The van der Waals surface area contributed by atoms with Crippen molar-refractivity contribution in [3.63, 3.8) is 0 Å². The third-order valence-electron chi connectivity index (χ3n) is 3.64. The van der Waals surface area contributed by atoms with E-state index in [0.717, 1.165) is 11.3 Å². The highest BCUT2D eigenvalue weighted by atomic mass is 16.5. The van der Waals surface area contributed by atoms with Gasteiger partial charge in [-0.2, -0.15) is 0 Å². The fourth-order valence-corrected chi connectivity index (χ4v) is 2.31. The van der Waals surface area contributed by atoms with E-state index in [1.807, 2.05) is 12.1 Å². The number of carbonyl (C=O) groups is 1. The van der Waals surface area contributed by atoms with Gasteiger partial charge in [0.2, 0.25) is 0 Å². The molecule has 4 heteroatoms. The number of rotatable bonds is 4. The number of benzene rings is 1. The van der Waals surface area contributed by atoms with Crippen LogP contribution in [0.4, 0.5) is 0 Å². The van der Waals surface area contributed by atoms with Gasteiger partial charge in [0.05, 0.1) is 13.7 Å². The fourth-order valence-electron chi connectivity index (χ4n) is 2.31. The smallest absolute Gasteiger partial charge is 0.305 e. The van der Waals surface area contributed by atoms with Gasteiger partial charge in [-0.1, -0.05) is 19.9 Å². The molecule has 19 heavy (non-hydrogen) atoms. The van der Waals surface area contributed by atoms with Crippen LogP contribution in [-0.4, -0.2) is 19.7 Å². The number of hydrogen-bond donors (Lipinski definition) is 1. The third kappa shape index (κ3) is 2.89. The van der Waals surface area contributed by atoms with Gasteiger partial charge in [0.25, 0.3) is 0 Å². The van der Waals surface area contributed by atoms with E-state index in [-0.39, 0.29) is 17.4 Å². The van der Waals surface area contributed by atoms with E-state index in [9.17, 15) is 4.79 Å². The maximum absolute atomic E-state index is 11.1. The molecule has 1 aromatic rings. The zero-order valence-electron chi connectivity index (χ0n) is 11.7. The van der Waals surface area contributed by atoms with E-state index in [0.29, 0.717) is 19.4 Å². The van der Waals surface area contributed by atoms with Crippen molar-refractivity contribution in [2.75, 3.05) is 13.7 Å². The Labute approximate surface area is 113 Å². The standard InChI is InChI=1S/C15H21NO3/c1-15(2)9-19-13-6-4-10(8-11(13)15)12(16)5-7-14(17)18-3/h4,6,8,12H,5,7,9,16H2,1-3H3. The molecule has 0 aliphatic carbocycles. The average Bonchev–Trinajstić information content (AvgIpc) is 2.71. The summed E-state index contributed by atoms with van der Waals surface area (Å²) in [5.41, 5.74) is 8.39. The normalized spacial score (nSPS) is 17.5. The second kappa shape index (κ2) is 5.21. The van der Waals surface area contributed by atoms with Gasteiger partial charge in [0.15, 0.2) is 0 Å². The Morgan fingerprint density at radius 1 is 1.53 bits per heavy atom. The van der Waals surface area contributed by atoms with Crippen LogP contribution in [0, 0.1) is 0 Å². The Kier molecular flexibility index (Phi) is 3.80. The van der Waals surface area contributed by atoms with Crippen LogP contribution in [0.1, 0.15) is 43.9 Å². The zero-order valence-corrected chi connectivity index (χ0v) is 11.7. The number of esters is 1. The van der Waals surface area contributed by atoms with Crippen LogP contribution in [0.25, 0.3) is 0 Å². The van der Waals surface area contributed by atoms with Crippen LogP contribution >= 0.6 is 0 Å². The molecule has 0 radical (unpaired) electrons. The molecule has 2 N–H and O–H groups in total. The van der Waals surface area contributed by atoms with E-state index >= 15 is 0 Å². The second-order valence-corrected chi connectivity index (χ2v) is 5.65. The van der Waals surface area contributed by atoms with Gasteiger partial charge in [0.1, 0.15) is 5.75 Å². The minimum atomic E-state index is -0.222. The van der Waals surface area contributed by atoms with Gasteiger partial charge in [-0.15, -0.1) is 0 Å². The largest absolute Gasteiger partial charge is 0.492 e. The molecule has 0 saturated heterocycles. The third-order valence-corrected chi connectivity index (χ3v) is 3.64. The van der Waals surface area contributed by atoms with Crippen molar-refractivity contribution in [2.45, 2.75) is 38.1 Å². The van der Waals surface area contributed by atoms with Crippen LogP contribution < -0.4 is 10.5 Å². The van der Waals surface area contributed by atoms with Gasteiger partial charge >= 0.3 is 5.97 Å². The molecule has 1 atom stereocenters. The molecule has 0 amide bonds. The van der Waals surface area contributed by atoms with Crippen molar-refractivity contribution in [1.82, 2.24) is 0 Å². The van der Waals surface area contributed by atoms with Crippen molar-refractivity contribution in [1.29, 1.82) is 0 Å². The van der Waals surface area contributed by atoms with Crippen molar-refractivity contribution >= 4 is 5.97 Å². The summed E-state index contributed by atoms with van der Waals surface area (Å²) in [5.74, 6) is 0.717. The summed E-state index contributed by atoms with van der Waals surface area (Å²) >= 11 is 0. The summed E-state index contributed by atoms with van der Waals surface area (Å²) < 4.78 is 10.3. The van der Waals surface area contributed by atoms with Crippen molar-refractivity contribution in [2.24, 2.45) is 5.73 Å². The first-order chi connectivity index (χ1) is 8.94. The Morgan fingerprint density at radius 3 is 2.95 bits per heavy atom. The van der Waals surface area contributed by atoms with Crippen LogP contribution in [0.15, 0.2) is 18.2 Å². The molecule has 0 bridgehead atoms. The highest BCUT2D eigenvalue weighted by Gasteiger charge is 2.32. The molecule has 1 aromatic carbocycles. The Balaban J connectivity index is 2.12. The molecule has 1 unspecified atom stereocenters. The molecule has 0 fully saturated rings. The summed E-state index contributed by atoms with van der Waals surface area (Å²) in [5, 5.41) is 0. The van der Waals surface area contributed by atoms with E-state index in [4.69, 9.17) is 10.5 Å². The lowest BCUT2D eigenvalue weighted by Gasteiger charge is -2.18. The first-order valence-corrected chi connectivity index (χ1v) is 6.53. The summed E-state index contributed by atoms with van der Waals surface area (Å²) in [6.07, 6.45) is 0.932. The predicted molar refractivity (Wildman–Crippen MR) is 73.1 cm³/mol. The molecule has 1 aliphatic rings. The second-order valence-electron chi connectivity index (χ2n) is 5.65. The lowest BCUT2D eigenvalue weighted by atomic mass is 9.85. The quantitative estimate of drug-likeness (QED) is 0.847. The van der Waals surface area contributed by atoms with Gasteiger partial charge in [-0.3, -0.25) is 4.79 Å². The predicted octanol–water partition coefficient (Wildman–Crippen LogP) is 2.31. The summed E-state index contributed by atoms with van der Waals surface area (Å²) in [4.78, 5) is 11.1. The fraction of sp³-hybridized carbons (Fsp3) is 0.533. The molecule has 0 aromatic heterocycles. The molecule has 0 spiro atoms. The zero-order chi connectivity index (χ0) is 14.0. The Morgan fingerprint density at radius 2 is 2.26 bits per heavy atom. The molecule has 1 aliphatic heterocycles. The maximum Gasteiger partial charge on any atom is 0.305 e. The van der Waals surface area contributed by atoms with Crippen LogP contribution in [0.5, 0.6) is 5.75 Å². The number of ether oxygens (including phenoxy) is 2. The first-order valence-electron chi connectivity index (χ1n) is 6.53. The monoisotopic (exact) mass is 263 g/mol. The average molecular weight is 263 g/mol. The van der Waals surface area contributed by atoms with Gasteiger partial charge < -0.3 is 15.2 Å². The minimum Gasteiger partial charge on any atom is -0.492 e. The van der Waals surface area contributed by atoms with Gasteiger partial charge in [0, 0.05) is 23.4 Å². The van der Waals surface area contributed by atoms with Crippen LogP contribution in [0.3, 0.4) is 0 Å². The topological polar surface area (TPSA) is 61.5 Å².